The minimum Gasteiger partial charge on any atom is -0.339 e. The van der Waals surface area contributed by atoms with Crippen LogP contribution in [0.25, 0.3) is 5.69 Å². The Bertz CT molecular complexity index is 904. The highest BCUT2D eigenvalue weighted by Crippen LogP contribution is 2.33. The molecule has 1 saturated heterocycles. The lowest BCUT2D eigenvalue weighted by molar-refractivity contribution is -0.131. The van der Waals surface area contributed by atoms with Gasteiger partial charge in [0.2, 0.25) is 5.91 Å². The number of aromatic nitrogens is 2. The number of amides is 1. The maximum atomic E-state index is 13.1. The summed E-state index contributed by atoms with van der Waals surface area (Å²) >= 11 is 0. The molecule has 1 aromatic heterocycles. The van der Waals surface area contributed by atoms with Crippen LogP contribution in [0, 0.1) is 0 Å². The SMILES string of the molecule is CC[C@@H](c1ccccc1)[C@H]1CCCN1C(=O)Cc1cnn(-c2ccccc2)c1. The second-order valence-corrected chi connectivity index (χ2v) is 7.53. The number of para-hydroxylation sites is 1. The summed E-state index contributed by atoms with van der Waals surface area (Å²) in [5, 5.41) is 4.43. The first-order valence-corrected chi connectivity index (χ1v) is 10.2. The molecule has 4 rings (SSSR count). The monoisotopic (exact) mass is 373 g/mol. The van der Waals surface area contributed by atoms with Gasteiger partial charge >= 0.3 is 0 Å². The fraction of sp³-hybridized carbons (Fsp3) is 0.333. The van der Waals surface area contributed by atoms with Crippen LogP contribution in [0.3, 0.4) is 0 Å². The Hall–Kier alpha value is -2.88. The van der Waals surface area contributed by atoms with E-state index >= 15 is 0 Å². The Morgan fingerprint density at radius 2 is 1.82 bits per heavy atom. The van der Waals surface area contributed by atoms with Crippen molar-refractivity contribution in [1.29, 1.82) is 0 Å². The van der Waals surface area contributed by atoms with Crippen molar-refractivity contribution >= 4 is 5.91 Å². The van der Waals surface area contributed by atoms with Gasteiger partial charge in [0.15, 0.2) is 0 Å². The number of rotatable bonds is 6. The third-order valence-corrected chi connectivity index (χ3v) is 5.76. The highest BCUT2D eigenvalue weighted by atomic mass is 16.2. The van der Waals surface area contributed by atoms with Crippen LogP contribution in [0.5, 0.6) is 0 Å². The van der Waals surface area contributed by atoms with E-state index in [9.17, 15) is 4.79 Å². The molecule has 4 nitrogen and oxygen atoms in total. The first-order chi connectivity index (χ1) is 13.8. The molecule has 1 aliphatic rings. The second-order valence-electron chi connectivity index (χ2n) is 7.53. The maximum Gasteiger partial charge on any atom is 0.227 e. The predicted molar refractivity (Wildman–Crippen MR) is 111 cm³/mol. The molecular weight excluding hydrogens is 346 g/mol. The number of carbonyl (C=O) groups excluding carboxylic acids is 1. The van der Waals surface area contributed by atoms with Gasteiger partial charge in [0.25, 0.3) is 0 Å². The van der Waals surface area contributed by atoms with E-state index in [0.717, 1.165) is 37.1 Å². The van der Waals surface area contributed by atoms with E-state index in [1.807, 2.05) is 47.4 Å². The number of benzene rings is 2. The van der Waals surface area contributed by atoms with Crippen molar-refractivity contribution in [3.63, 3.8) is 0 Å². The van der Waals surface area contributed by atoms with Crippen molar-refractivity contribution in [3.8, 4) is 5.69 Å². The third kappa shape index (κ3) is 3.86. The van der Waals surface area contributed by atoms with Crippen LogP contribution in [0.1, 0.15) is 43.2 Å². The number of carbonyl (C=O) groups is 1. The predicted octanol–water partition coefficient (Wildman–Crippen LogP) is 4.60. The molecule has 0 spiro atoms. The van der Waals surface area contributed by atoms with Crippen molar-refractivity contribution in [2.24, 2.45) is 0 Å². The molecule has 144 valence electrons. The average Bonchev–Trinajstić information content (AvgIpc) is 3.40. The quantitative estimate of drug-likeness (QED) is 0.633. The zero-order valence-electron chi connectivity index (χ0n) is 16.4. The van der Waals surface area contributed by atoms with E-state index < -0.39 is 0 Å². The molecule has 3 aromatic rings. The largest absolute Gasteiger partial charge is 0.339 e. The summed E-state index contributed by atoms with van der Waals surface area (Å²) < 4.78 is 1.84. The summed E-state index contributed by atoms with van der Waals surface area (Å²) in [5.41, 5.74) is 3.31. The normalized spacial score (nSPS) is 17.6. The van der Waals surface area contributed by atoms with Crippen molar-refractivity contribution in [3.05, 3.63) is 84.2 Å². The molecular formula is C24H27N3O. The molecule has 0 N–H and O–H groups in total. The summed E-state index contributed by atoms with van der Waals surface area (Å²) in [4.78, 5) is 15.2. The van der Waals surface area contributed by atoms with Crippen molar-refractivity contribution in [1.82, 2.24) is 14.7 Å². The van der Waals surface area contributed by atoms with E-state index in [1.54, 1.807) is 0 Å². The van der Waals surface area contributed by atoms with Gasteiger partial charge in [-0.2, -0.15) is 5.10 Å². The minimum absolute atomic E-state index is 0.212. The van der Waals surface area contributed by atoms with E-state index in [2.05, 4.69) is 47.3 Å². The van der Waals surface area contributed by atoms with Crippen LogP contribution in [0.2, 0.25) is 0 Å². The summed E-state index contributed by atoms with van der Waals surface area (Å²) in [7, 11) is 0. The highest BCUT2D eigenvalue weighted by molar-refractivity contribution is 5.79. The molecule has 2 atom stereocenters. The highest BCUT2D eigenvalue weighted by Gasteiger charge is 2.34. The number of hydrogen-bond donors (Lipinski definition) is 0. The standard InChI is InChI=1S/C24H27N3O/c1-2-22(20-10-5-3-6-11-20)23-14-9-15-26(23)24(28)16-19-17-25-27(18-19)21-12-7-4-8-13-21/h3-8,10-13,17-18,22-23H,2,9,14-16H2,1H3/t22-,23+/m0/s1. The lowest BCUT2D eigenvalue weighted by atomic mass is 9.87. The molecule has 1 amide bonds. The van der Waals surface area contributed by atoms with E-state index in [-0.39, 0.29) is 5.91 Å². The van der Waals surface area contributed by atoms with Gasteiger partial charge in [-0.3, -0.25) is 4.79 Å². The topological polar surface area (TPSA) is 38.1 Å². The molecule has 1 fully saturated rings. The molecule has 1 aliphatic heterocycles. The molecule has 0 bridgehead atoms. The molecule has 0 radical (unpaired) electrons. The summed E-state index contributed by atoms with van der Waals surface area (Å²) in [6, 6.07) is 20.9. The van der Waals surface area contributed by atoms with Crippen LogP contribution < -0.4 is 0 Å². The molecule has 0 saturated carbocycles. The Kier molecular flexibility index (Phi) is 5.56. The Morgan fingerprint density at radius 1 is 1.11 bits per heavy atom. The number of nitrogens with zero attached hydrogens (tertiary/aromatic N) is 3. The molecule has 4 heteroatoms. The fourth-order valence-corrected chi connectivity index (χ4v) is 4.40. The molecule has 2 heterocycles. The van der Waals surface area contributed by atoms with Crippen LogP contribution in [0.15, 0.2) is 73.1 Å². The van der Waals surface area contributed by atoms with Crippen molar-refractivity contribution < 1.29 is 4.79 Å². The van der Waals surface area contributed by atoms with Gasteiger partial charge in [-0.05, 0) is 42.5 Å². The summed E-state index contributed by atoms with van der Waals surface area (Å²) in [5.74, 6) is 0.615. The van der Waals surface area contributed by atoms with E-state index in [1.165, 1.54) is 5.56 Å². The molecule has 0 unspecified atom stereocenters. The molecule has 0 aliphatic carbocycles. The molecule has 28 heavy (non-hydrogen) atoms. The number of hydrogen-bond acceptors (Lipinski definition) is 2. The van der Waals surface area contributed by atoms with Crippen molar-refractivity contribution in [2.45, 2.75) is 44.6 Å². The Morgan fingerprint density at radius 3 is 2.54 bits per heavy atom. The first-order valence-electron chi connectivity index (χ1n) is 10.2. The van der Waals surface area contributed by atoms with Gasteiger partial charge in [0, 0.05) is 24.7 Å². The first kappa shape index (κ1) is 18.5. The Balaban J connectivity index is 1.47. The lowest BCUT2D eigenvalue weighted by Gasteiger charge is -2.31. The van der Waals surface area contributed by atoms with Gasteiger partial charge in [-0.15, -0.1) is 0 Å². The zero-order chi connectivity index (χ0) is 19.3. The van der Waals surface area contributed by atoms with Crippen LogP contribution in [-0.4, -0.2) is 33.2 Å². The van der Waals surface area contributed by atoms with E-state index in [0.29, 0.717) is 18.4 Å². The van der Waals surface area contributed by atoms with Gasteiger partial charge in [0.05, 0.1) is 18.3 Å². The summed E-state index contributed by atoms with van der Waals surface area (Å²) in [6.07, 6.45) is 7.40. The zero-order valence-corrected chi connectivity index (χ0v) is 16.4. The Labute approximate surface area is 166 Å². The number of likely N-dealkylation sites (tertiary alicyclic amines) is 1. The van der Waals surface area contributed by atoms with Gasteiger partial charge < -0.3 is 4.90 Å². The molecule has 2 aromatic carbocycles. The van der Waals surface area contributed by atoms with Crippen LogP contribution in [-0.2, 0) is 11.2 Å². The second kappa shape index (κ2) is 8.42. The van der Waals surface area contributed by atoms with Crippen LogP contribution >= 0.6 is 0 Å². The average molecular weight is 373 g/mol. The van der Waals surface area contributed by atoms with Gasteiger partial charge in [-0.25, -0.2) is 4.68 Å². The third-order valence-electron chi connectivity index (χ3n) is 5.76. The minimum atomic E-state index is 0.212. The van der Waals surface area contributed by atoms with Crippen LogP contribution in [0.4, 0.5) is 0 Å². The van der Waals surface area contributed by atoms with Gasteiger partial charge in [0.1, 0.15) is 0 Å². The maximum absolute atomic E-state index is 13.1. The van der Waals surface area contributed by atoms with E-state index in [4.69, 9.17) is 0 Å². The summed E-state index contributed by atoms with van der Waals surface area (Å²) in [6.45, 7) is 3.09. The fourth-order valence-electron chi connectivity index (χ4n) is 4.40. The lowest BCUT2D eigenvalue weighted by Crippen LogP contribution is -2.40. The smallest absolute Gasteiger partial charge is 0.227 e. The van der Waals surface area contributed by atoms with Crippen molar-refractivity contribution in [2.75, 3.05) is 6.54 Å². The van der Waals surface area contributed by atoms with Gasteiger partial charge in [-0.1, -0.05) is 55.5 Å².